The Morgan fingerprint density at radius 2 is 1.94 bits per heavy atom. The predicted molar refractivity (Wildman–Crippen MR) is 69.4 cm³/mol. The first-order valence-corrected chi connectivity index (χ1v) is 6.73. The number of hydrogen-bond acceptors (Lipinski definition) is 2. The van der Waals surface area contributed by atoms with Crippen molar-refractivity contribution in [3.63, 3.8) is 0 Å². The molecule has 1 unspecified atom stereocenters. The van der Waals surface area contributed by atoms with E-state index in [2.05, 4.69) is 5.32 Å². The molecule has 0 spiro atoms. The maximum absolute atomic E-state index is 12.0. The highest BCUT2D eigenvalue weighted by Crippen LogP contribution is 2.22. The summed E-state index contributed by atoms with van der Waals surface area (Å²) in [4.78, 5) is 24.8. The summed E-state index contributed by atoms with van der Waals surface area (Å²) in [5, 5.41) is 11.8. The second-order valence-electron chi connectivity index (χ2n) is 5.20. The fourth-order valence-electron chi connectivity index (χ4n) is 2.38. The monoisotopic (exact) mass is 256 g/mol. The Hall–Kier alpha value is -1.26. The Morgan fingerprint density at radius 3 is 2.39 bits per heavy atom. The molecule has 5 heteroatoms. The van der Waals surface area contributed by atoms with Crippen LogP contribution >= 0.6 is 0 Å². The molecule has 5 nitrogen and oxygen atoms in total. The van der Waals surface area contributed by atoms with Crippen LogP contribution in [0.2, 0.25) is 0 Å². The van der Waals surface area contributed by atoms with Crippen molar-refractivity contribution in [1.29, 1.82) is 0 Å². The van der Waals surface area contributed by atoms with E-state index < -0.39 is 12.0 Å². The Kier molecular flexibility index (Phi) is 5.44. The normalized spacial score (nSPS) is 19.3. The molecular formula is C13H24N2O3. The number of carboxylic acids is 1. The smallest absolute Gasteiger partial charge is 0.326 e. The van der Waals surface area contributed by atoms with Crippen molar-refractivity contribution >= 4 is 12.0 Å². The molecule has 0 aliphatic heterocycles. The molecule has 0 heterocycles. The predicted octanol–water partition coefficient (Wildman–Crippen LogP) is 2.07. The lowest BCUT2D eigenvalue weighted by Crippen LogP contribution is -2.51. The third-order valence-corrected chi connectivity index (χ3v) is 3.95. The van der Waals surface area contributed by atoms with Crippen LogP contribution in [0.25, 0.3) is 0 Å². The second kappa shape index (κ2) is 6.61. The van der Waals surface area contributed by atoms with E-state index in [0.29, 0.717) is 0 Å². The van der Waals surface area contributed by atoms with Crippen molar-refractivity contribution in [3.8, 4) is 0 Å². The van der Waals surface area contributed by atoms with Crippen LogP contribution in [0.4, 0.5) is 4.79 Å². The molecule has 2 amide bonds. The Labute approximate surface area is 109 Å². The maximum atomic E-state index is 12.0. The third kappa shape index (κ3) is 3.62. The van der Waals surface area contributed by atoms with E-state index in [4.69, 9.17) is 5.11 Å². The highest BCUT2D eigenvalue weighted by molar-refractivity contribution is 5.82. The van der Waals surface area contributed by atoms with Gasteiger partial charge in [-0.2, -0.15) is 0 Å². The Morgan fingerprint density at radius 1 is 1.39 bits per heavy atom. The highest BCUT2D eigenvalue weighted by Gasteiger charge is 2.29. The molecule has 1 saturated carbocycles. The molecule has 104 valence electrons. The van der Waals surface area contributed by atoms with Crippen LogP contribution in [-0.2, 0) is 4.79 Å². The van der Waals surface area contributed by atoms with Crippen LogP contribution in [0.5, 0.6) is 0 Å². The van der Waals surface area contributed by atoms with E-state index in [0.717, 1.165) is 32.1 Å². The number of carboxylic acid groups (broad SMARTS) is 1. The Balaban J connectivity index is 2.57. The number of aliphatic carboxylic acids is 1. The lowest BCUT2D eigenvalue weighted by molar-refractivity contribution is -0.140. The number of urea groups is 1. The summed E-state index contributed by atoms with van der Waals surface area (Å²) >= 11 is 0. The minimum Gasteiger partial charge on any atom is -0.480 e. The first-order valence-electron chi connectivity index (χ1n) is 6.73. The molecule has 18 heavy (non-hydrogen) atoms. The maximum Gasteiger partial charge on any atom is 0.326 e. The van der Waals surface area contributed by atoms with Gasteiger partial charge in [0.1, 0.15) is 6.04 Å². The van der Waals surface area contributed by atoms with Gasteiger partial charge >= 0.3 is 12.0 Å². The molecule has 1 fully saturated rings. The summed E-state index contributed by atoms with van der Waals surface area (Å²) in [5.74, 6) is -1.03. The number of nitrogens with zero attached hydrogens (tertiary/aromatic N) is 1. The zero-order valence-corrected chi connectivity index (χ0v) is 11.5. The molecule has 0 bridgehead atoms. The summed E-state index contributed by atoms with van der Waals surface area (Å²) in [6.45, 7) is 3.77. The molecule has 0 aromatic rings. The van der Waals surface area contributed by atoms with Gasteiger partial charge in [0.25, 0.3) is 0 Å². The van der Waals surface area contributed by atoms with Gasteiger partial charge in [0.15, 0.2) is 0 Å². The minimum atomic E-state index is -0.961. The van der Waals surface area contributed by atoms with Gasteiger partial charge in [-0.1, -0.05) is 33.1 Å². The van der Waals surface area contributed by atoms with Crippen molar-refractivity contribution in [2.75, 3.05) is 7.05 Å². The molecule has 2 atom stereocenters. The van der Waals surface area contributed by atoms with E-state index in [1.807, 2.05) is 13.8 Å². The minimum absolute atomic E-state index is 0.0663. The zero-order chi connectivity index (χ0) is 13.7. The van der Waals surface area contributed by atoms with Crippen LogP contribution in [0.1, 0.15) is 46.0 Å². The molecule has 0 aromatic carbocycles. The molecule has 2 N–H and O–H groups in total. The lowest BCUT2D eigenvalue weighted by Gasteiger charge is -2.28. The zero-order valence-electron chi connectivity index (χ0n) is 11.5. The van der Waals surface area contributed by atoms with E-state index in [1.54, 1.807) is 11.9 Å². The van der Waals surface area contributed by atoms with Crippen LogP contribution < -0.4 is 5.32 Å². The number of amides is 2. The van der Waals surface area contributed by atoms with Crippen molar-refractivity contribution in [2.45, 2.75) is 58.0 Å². The summed E-state index contributed by atoms with van der Waals surface area (Å²) in [7, 11) is 1.75. The van der Waals surface area contributed by atoms with Crippen LogP contribution in [0, 0.1) is 5.92 Å². The molecule has 1 rings (SSSR count). The fourth-order valence-corrected chi connectivity index (χ4v) is 2.38. The summed E-state index contributed by atoms with van der Waals surface area (Å²) in [6, 6.07) is -0.808. The SMILES string of the molecule is CCC(C)[C@H](NC(=O)N(C)C1CCCC1)C(=O)O. The second-order valence-corrected chi connectivity index (χ2v) is 5.20. The van der Waals surface area contributed by atoms with E-state index in [9.17, 15) is 9.59 Å². The van der Waals surface area contributed by atoms with Gasteiger partial charge in [-0.05, 0) is 18.8 Å². The van der Waals surface area contributed by atoms with Gasteiger partial charge in [-0.3, -0.25) is 0 Å². The standard InChI is InChI=1S/C13H24N2O3/c1-4-9(2)11(12(16)17)14-13(18)15(3)10-7-5-6-8-10/h9-11H,4-8H2,1-3H3,(H,14,18)(H,16,17)/t9?,11-/m0/s1. The first kappa shape index (κ1) is 14.8. The highest BCUT2D eigenvalue weighted by atomic mass is 16.4. The van der Waals surface area contributed by atoms with Gasteiger partial charge in [0, 0.05) is 13.1 Å². The van der Waals surface area contributed by atoms with Gasteiger partial charge in [0.05, 0.1) is 0 Å². The Bertz CT molecular complexity index is 301. The number of carbonyl (C=O) groups excluding carboxylic acids is 1. The van der Waals surface area contributed by atoms with Crippen LogP contribution in [-0.4, -0.2) is 41.1 Å². The topological polar surface area (TPSA) is 69.6 Å². The quantitative estimate of drug-likeness (QED) is 0.791. The van der Waals surface area contributed by atoms with Gasteiger partial charge in [0.2, 0.25) is 0 Å². The average Bonchev–Trinajstić information content (AvgIpc) is 2.87. The summed E-state index contributed by atoms with van der Waals surface area (Å²) in [5.41, 5.74) is 0. The van der Waals surface area contributed by atoms with E-state index in [1.165, 1.54) is 0 Å². The molecule has 0 saturated heterocycles. The van der Waals surface area contributed by atoms with Gasteiger partial charge in [-0.15, -0.1) is 0 Å². The van der Waals surface area contributed by atoms with E-state index in [-0.39, 0.29) is 18.0 Å². The van der Waals surface area contributed by atoms with Gasteiger partial charge < -0.3 is 15.3 Å². The molecular weight excluding hydrogens is 232 g/mol. The van der Waals surface area contributed by atoms with Crippen LogP contribution in [0.3, 0.4) is 0 Å². The molecule has 0 radical (unpaired) electrons. The van der Waals surface area contributed by atoms with Gasteiger partial charge in [-0.25, -0.2) is 9.59 Å². The molecule has 1 aliphatic rings. The number of rotatable bonds is 5. The number of nitrogens with one attached hydrogen (secondary N) is 1. The number of carbonyl (C=O) groups is 2. The molecule has 0 aromatic heterocycles. The van der Waals surface area contributed by atoms with E-state index >= 15 is 0 Å². The van der Waals surface area contributed by atoms with Crippen LogP contribution in [0.15, 0.2) is 0 Å². The largest absolute Gasteiger partial charge is 0.480 e. The fraction of sp³-hybridized carbons (Fsp3) is 0.846. The first-order chi connectivity index (χ1) is 8.47. The van der Waals surface area contributed by atoms with Crippen molar-refractivity contribution in [1.82, 2.24) is 10.2 Å². The van der Waals surface area contributed by atoms with Crippen molar-refractivity contribution < 1.29 is 14.7 Å². The third-order valence-electron chi connectivity index (χ3n) is 3.95. The molecule has 1 aliphatic carbocycles. The lowest BCUT2D eigenvalue weighted by atomic mass is 9.99. The summed E-state index contributed by atoms with van der Waals surface area (Å²) in [6.07, 6.45) is 5.06. The summed E-state index contributed by atoms with van der Waals surface area (Å²) < 4.78 is 0. The average molecular weight is 256 g/mol. The van der Waals surface area contributed by atoms with Crippen molar-refractivity contribution in [2.24, 2.45) is 5.92 Å². The van der Waals surface area contributed by atoms with Crippen molar-refractivity contribution in [3.05, 3.63) is 0 Å². The number of hydrogen-bond donors (Lipinski definition) is 2.